The molecule has 0 aliphatic rings. The molecule has 2 N–H and O–H groups in total. The number of ether oxygens (including phenoxy) is 2. The highest BCUT2D eigenvalue weighted by molar-refractivity contribution is 5.89. The van der Waals surface area contributed by atoms with Gasteiger partial charge in [-0.25, -0.2) is 9.59 Å². The van der Waals surface area contributed by atoms with Crippen LogP contribution in [0, 0.1) is 11.8 Å². The third-order valence-corrected chi connectivity index (χ3v) is 5.06. The lowest BCUT2D eigenvalue weighted by Gasteiger charge is -2.24. The van der Waals surface area contributed by atoms with Crippen LogP contribution in [0.2, 0.25) is 0 Å². The summed E-state index contributed by atoms with van der Waals surface area (Å²) in [4.78, 5) is 38.2. The van der Waals surface area contributed by atoms with Gasteiger partial charge in [-0.05, 0) is 35.8 Å². The van der Waals surface area contributed by atoms with Crippen molar-refractivity contribution in [3.05, 3.63) is 71.8 Å². The van der Waals surface area contributed by atoms with Crippen molar-refractivity contribution in [2.45, 2.75) is 65.8 Å². The number of hydrogen-bond donors (Lipinski definition) is 2. The van der Waals surface area contributed by atoms with E-state index < -0.39 is 30.1 Å². The van der Waals surface area contributed by atoms with Crippen molar-refractivity contribution in [3.8, 4) is 0 Å². The van der Waals surface area contributed by atoms with Crippen LogP contribution in [0.5, 0.6) is 0 Å². The maximum Gasteiger partial charge on any atom is 0.408 e. The summed E-state index contributed by atoms with van der Waals surface area (Å²) in [6.07, 6.45) is 0.142. The van der Waals surface area contributed by atoms with Crippen molar-refractivity contribution in [1.82, 2.24) is 10.6 Å². The van der Waals surface area contributed by atoms with Gasteiger partial charge in [0.1, 0.15) is 25.3 Å². The van der Waals surface area contributed by atoms with Crippen molar-refractivity contribution < 1.29 is 23.9 Å². The summed E-state index contributed by atoms with van der Waals surface area (Å²) in [5.41, 5.74) is 1.71. The summed E-state index contributed by atoms with van der Waals surface area (Å²) in [5, 5.41) is 5.43. The lowest BCUT2D eigenvalue weighted by Crippen LogP contribution is -2.52. The van der Waals surface area contributed by atoms with Gasteiger partial charge in [0.15, 0.2) is 0 Å². The Kier molecular flexibility index (Phi) is 11.1. The molecule has 7 nitrogen and oxygen atoms in total. The van der Waals surface area contributed by atoms with E-state index in [2.05, 4.69) is 10.6 Å². The zero-order valence-corrected chi connectivity index (χ0v) is 20.5. The number of carbonyl (C=O) groups excluding carboxylic acids is 3. The molecule has 7 heteroatoms. The number of esters is 1. The van der Waals surface area contributed by atoms with Crippen LogP contribution < -0.4 is 10.6 Å². The van der Waals surface area contributed by atoms with Gasteiger partial charge in [0.2, 0.25) is 5.91 Å². The van der Waals surface area contributed by atoms with E-state index in [1.54, 1.807) is 0 Å². The maximum absolute atomic E-state index is 13.1. The van der Waals surface area contributed by atoms with Gasteiger partial charge >= 0.3 is 12.1 Å². The van der Waals surface area contributed by atoms with Crippen LogP contribution in [-0.2, 0) is 32.3 Å². The molecule has 184 valence electrons. The zero-order valence-electron chi connectivity index (χ0n) is 20.5. The van der Waals surface area contributed by atoms with E-state index in [9.17, 15) is 14.4 Å². The van der Waals surface area contributed by atoms with Gasteiger partial charge < -0.3 is 20.1 Å². The second-order valence-electron chi connectivity index (χ2n) is 9.17. The molecule has 0 aliphatic heterocycles. The summed E-state index contributed by atoms with van der Waals surface area (Å²) >= 11 is 0. The Bertz CT molecular complexity index is 900. The molecule has 0 aromatic heterocycles. The minimum absolute atomic E-state index is 0.102. The predicted octanol–water partition coefficient (Wildman–Crippen LogP) is 4.60. The van der Waals surface area contributed by atoms with E-state index in [0.29, 0.717) is 12.8 Å². The molecular weight excluding hydrogens is 432 g/mol. The van der Waals surface area contributed by atoms with Crippen molar-refractivity contribution in [2.75, 3.05) is 0 Å². The molecule has 0 heterocycles. The minimum Gasteiger partial charge on any atom is -0.459 e. The van der Waals surface area contributed by atoms with Gasteiger partial charge in [0.05, 0.1) is 0 Å². The lowest BCUT2D eigenvalue weighted by molar-refractivity contribution is -0.149. The summed E-state index contributed by atoms with van der Waals surface area (Å²) < 4.78 is 10.7. The molecule has 0 unspecified atom stereocenters. The Labute approximate surface area is 202 Å². The van der Waals surface area contributed by atoms with Crippen molar-refractivity contribution in [1.29, 1.82) is 0 Å². The third-order valence-electron chi connectivity index (χ3n) is 5.06. The van der Waals surface area contributed by atoms with Crippen molar-refractivity contribution in [2.24, 2.45) is 11.8 Å². The summed E-state index contributed by atoms with van der Waals surface area (Å²) in [6.45, 7) is 8.07. The first kappa shape index (κ1) is 26.9. The van der Waals surface area contributed by atoms with E-state index in [-0.39, 0.29) is 25.0 Å². The van der Waals surface area contributed by atoms with Gasteiger partial charge in [-0.2, -0.15) is 0 Å². The van der Waals surface area contributed by atoms with Gasteiger partial charge in [0, 0.05) is 0 Å². The average molecular weight is 469 g/mol. The fourth-order valence-corrected chi connectivity index (χ4v) is 3.40. The first-order chi connectivity index (χ1) is 16.2. The fraction of sp³-hybridized carbons (Fsp3) is 0.444. The first-order valence-corrected chi connectivity index (χ1v) is 11.7. The molecule has 2 amide bonds. The van der Waals surface area contributed by atoms with Crippen molar-refractivity contribution >= 4 is 18.0 Å². The molecule has 0 bridgehead atoms. The van der Waals surface area contributed by atoms with Crippen LogP contribution in [-0.4, -0.2) is 30.1 Å². The van der Waals surface area contributed by atoms with Crippen LogP contribution in [0.1, 0.15) is 51.7 Å². The second-order valence-corrected chi connectivity index (χ2v) is 9.17. The summed E-state index contributed by atoms with van der Waals surface area (Å²) in [7, 11) is 0. The van der Waals surface area contributed by atoms with Gasteiger partial charge in [-0.15, -0.1) is 0 Å². The van der Waals surface area contributed by atoms with Crippen LogP contribution in [0.4, 0.5) is 4.79 Å². The van der Waals surface area contributed by atoms with E-state index in [1.165, 1.54) is 0 Å². The largest absolute Gasteiger partial charge is 0.459 e. The molecule has 2 rings (SSSR count). The molecule has 2 atom stereocenters. The quantitative estimate of drug-likeness (QED) is 0.444. The molecule has 34 heavy (non-hydrogen) atoms. The van der Waals surface area contributed by atoms with Crippen LogP contribution in [0.3, 0.4) is 0 Å². The Morgan fingerprint density at radius 2 is 1.15 bits per heavy atom. The number of hydrogen-bond acceptors (Lipinski definition) is 5. The van der Waals surface area contributed by atoms with E-state index in [0.717, 1.165) is 11.1 Å². The third kappa shape index (κ3) is 10.1. The summed E-state index contributed by atoms with van der Waals surface area (Å²) in [5.74, 6) is -0.644. The Morgan fingerprint density at radius 1 is 0.676 bits per heavy atom. The lowest BCUT2D eigenvalue weighted by atomic mass is 10.0. The minimum atomic E-state index is -0.833. The smallest absolute Gasteiger partial charge is 0.408 e. The number of benzene rings is 2. The standard InChI is InChI=1S/C27H36N2O5/c1-19(2)15-23(29-27(32)34-18-22-13-9-6-10-14-22)25(30)28-24(16-20(3)4)26(31)33-17-21-11-7-5-8-12-21/h5-14,19-20,23-24H,15-18H2,1-4H3,(H,28,30)(H,29,32)/t23-,24-/m0/s1. The fourth-order valence-electron chi connectivity index (χ4n) is 3.40. The SMILES string of the molecule is CC(C)C[C@H](NC(=O)OCc1ccccc1)C(=O)N[C@@H](CC(C)C)C(=O)OCc1ccccc1. The Hall–Kier alpha value is -3.35. The second kappa shape index (κ2) is 14.0. The normalized spacial score (nSPS) is 12.6. The maximum atomic E-state index is 13.1. The molecule has 2 aromatic carbocycles. The van der Waals surface area contributed by atoms with Crippen LogP contribution >= 0.6 is 0 Å². The number of amides is 2. The van der Waals surface area contributed by atoms with Gasteiger partial charge in [0.25, 0.3) is 0 Å². The molecule has 0 spiro atoms. The molecule has 0 saturated heterocycles. The number of nitrogens with one attached hydrogen (secondary N) is 2. The number of carbonyl (C=O) groups is 3. The Balaban J connectivity index is 1.99. The monoisotopic (exact) mass is 468 g/mol. The van der Waals surface area contributed by atoms with Gasteiger partial charge in [-0.1, -0.05) is 88.4 Å². The van der Waals surface area contributed by atoms with E-state index >= 15 is 0 Å². The number of alkyl carbamates (subject to hydrolysis) is 1. The molecule has 0 aliphatic carbocycles. The highest BCUT2D eigenvalue weighted by Gasteiger charge is 2.29. The van der Waals surface area contributed by atoms with E-state index in [4.69, 9.17) is 9.47 Å². The first-order valence-electron chi connectivity index (χ1n) is 11.7. The topological polar surface area (TPSA) is 93.7 Å². The van der Waals surface area contributed by atoms with Crippen LogP contribution in [0.25, 0.3) is 0 Å². The molecular formula is C27H36N2O5. The zero-order chi connectivity index (χ0) is 24.9. The highest BCUT2D eigenvalue weighted by Crippen LogP contribution is 2.11. The van der Waals surface area contributed by atoms with Crippen molar-refractivity contribution in [3.63, 3.8) is 0 Å². The molecule has 0 saturated carbocycles. The molecule has 2 aromatic rings. The van der Waals surface area contributed by atoms with E-state index in [1.807, 2.05) is 88.4 Å². The molecule has 0 fully saturated rings. The van der Waals surface area contributed by atoms with Gasteiger partial charge in [-0.3, -0.25) is 4.79 Å². The number of rotatable bonds is 12. The summed E-state index contributed by atoms with van der Waals surface area (Å²) in [6, 6.07) is 17.0. The van der Waals surface area contributed by atoms with Crippen LogP contribution in [0.15, 0.2) is 60.7 Å². The Morgan fingerprint density at radius 3 is 1.65 bits per heavy atom. The predicted molar refractivity (Wildman–Crippen MR) is 131 cm³/mol. The highest BCUT2D eigenvalue weighted by atomic mass is 16.5. The average Bonchev–Trinajstić information content (AvgIpc) is 2.81. The molecule has 0 radical (unpaired) electrons.